The molecular weight excluding hydrogens is 364 g/mol. The van der Waals surface area contributed by atoms with Gasteiger partial charge in [-0.05, 0) is 43.1 Å². The van der Waals surface area contributed by atoms with Gasteiger partial charge in [0.15, 0.2) is 11.5 Å². The van der Waals surface area contributed by atoms with Gasteiger partial charge in [0, 0.05) is 30.1 Å². The molecular formula is C18H20N6O2S. The molecule has 2 amide bonds. The van der Waals surface area contributed by atoms with Crippen molar-refractivity contribution in [2.75, 3.05) is 23.9 Å². The van der Waals surface area contributed by atoms with Crippen molar-refractivity contribution in [1.82, 2.24) is 20.5 Å². The Kier molecular flexibility index (Phi) is 4.47. The van der Waals surface area contributed by atoms with E-state index in [9.17, 15) is 9.59 Å². The summed E-state index contributed by atoms with van der Waals surface area (Å²) >= 11 is 1.54. The first kappa shape index (κ1) is 17.7. The summed E-state index contributed by atoms with van der Waals surface area (Å²) in [6.45, 7) is 0. The number of carbonyl (C=O) groups is 2. The van der Waals surface area contributed by atoms with Gasteiger partial charge in [-0.3, -0.25) is 9.59 Å². The SMILES string of the molecule is CNC(=O)c1nnc(NC(=O)C2CC23CC3)cc1Nc1ncccc1SC. The molecule has 140 valence electrons. The Morgan fingerprint density at radius 3 is 2.78 bits per heavy atom. The second-order valence-corrected chi connectivity index (χ2v) is 7.71. The van der Waals surface area contributed by atoms with Crippen molar-refractivity contribution < 1.29 is 9.59 Å². The van der Waals surface area contributed by atoms with Gasteiger partial charge in [-0.1, -0.05) is 0 Å². The summed E-state index contributed by atoms with van der Waals surface area (Å²) in [5.74, 6) is 0.610. The van der Waals surface area contributed by atoms with E-state index < -0.39 is 0 Å². The predicted molar refractivity (Wildman–Crippen MR) is 103 cm³/mol. The maximum absolute atomic E-state index is 12.4. The highest BCUT2D eigenvalue weighted by Crippen LogP contribution is 2.70. The molecule has 2 aromatic rings. The van der Waals surface area contributed by atoms with E-state index in [1.807, 2.05) is 18.4 Å². The molecule has 0 aliphatic heterocycles. The normalized spacial score (nSPS) is 18.7. The van der Waals surface area contributed by atoms with Crippen LogP contribution in [0.15, 0.2) is 29.3 Å². The molecule has 0 bridgehead atoms. The summed E-state index contributed by atoms with van der Waals surface area (Å²) < 4.78 is 0. The zero-order valence-electron chi connectivity index (χ0n) is 15.1. The number of carbonyl (C=O) groups excluding carboxylic acids is 2. The Labute approximate surface area is 160 Å². The van der Waals surface area contributed by atoms with Gasteiger partial charge in [-0.15, -0.1) is 22.0 Å². The van der Waals surface area contributed by atoms with Crippen LogP contribution in [-0.2, 0) is 4.79 Å². The molecule has 2 aliphatic carbocycles. The predicted octanol–water partition coefficient (Wildman–Crippen LogP) is 2.44. The van der Waals surface area contributed by atoms with E-state index in [4.69, 9.17) is 0 Å². The van der Waals surface area contributed by atoms with Crippen molar-refractivity contribution in [2.45, 2.75) is 24.2 Å². The van der Waals surface area contributed by atoms with E-state index in [1.165, 1.54) is 18.8 Å². The molecule has 4 rings (SSSR count). The molecule has 0 saturated heterocycles. The smallest absolute Gasteiger partial charge is 0.273 e. The third-order valence-electron chi connectivity index (χ3n) is 5.13. The van der Waals surface area contributed by atoms with Crippen LogP contribution in [0.2, 0.25) is 0 Å². The molecule has 27 heavy (non-hydrogen) atoms. The van der Waals surface area contributed by atoms with Crippen LogP contribution < -0.4 is 16.0 Å². The van der Waals surface area contributed by atoms with Gasteiger partial charge < -0.3 is 16.0 Å². The highest BCUT2D eigenvalue weighted by Gasteiger charge is 2.65. The monoisotopic (exact) mass is 384 g/mol. The molecule has 0 radical (unpaired) electrons. The summed E-state index contributed by atoms with van der Waals surface area (Å²) in [7, 11) is 1.53. The maximum atomic E-state index is 12.4. The van der Waals surface area contributed by atoms with E-state index in [0.29, 0.717) is 17.3 Å². The van der Waals surface area contributed by atoms with Crippen molar-refractivity contribution in [3.05, 3.63) is 30.1 Å². The Balaban J connectivity index is 1.60. The second kappa shape index (κ2) is 6.80. The number of aromatic nitrogens is 3. The van der Waals surface area contributed by atoms with Crippen LogP contribution in [0.5, 0.6) is 0 Å². The third kappa shape index (κ3) is 3.46. The van der Waals surface area contributed by atoms with Crippen LogP contribution in [-0.4, -0.2) is 40.3 Å². The molecule has 1 atom stereocenters. The summed E-state index contributed by atoms with van der Waals surface area (Å²) in [5.41, 5.74) is 0.839. The Bertz CT molecular complexity index is 914. The molecule has 1 unspecified atom stereocenters. The number of hydrogen-bond acceptors (Lipinski definition) is 7. The lowest BCUT2D eigenvalue weighted by Gasteiger charge is -2.13. The molecule has 2 aromatic heterocycles. The van der Waals surface area contributed by atoms with Crippen molar-refractivity contribution >= 4 is 40.9 Å². The standard InChI is InChI=1S/C18H20N6O2S/c1-19-17(26)14-11(21-15-12(27-2)4-3-7-20-15)8-13(23-24-14)22-16(25)10-9-18(10)5-6-18/h3-4,7-8,10H,5-6,9H2,1-2H3,(H,19,26)(H2,20,21,22,23,25). The van der Waals surface area contributed by atoms with E-state index in [2.05, 4.69) is 31.1 Å². The highest BCUT2D eigenvalue weighted by molar-refractivity contribution is 7.98. The van der Waals surface area contributed by atoms with Crippen LogP contribution in [0.4, 0.5) is 17.3 Å². The number of amides is 2. The number of nitrogens with zero attached hydrogens (tertiary/aromatic N) is 3. The molecule has 2 saturated carbocycles. The van der Waals surface area contributed by atoms with Gasteiger partial charge in [0.25, 0.3) is 5.91 Å². The number of rotatable bonds is 6. The maximum Gasteiger partial charge on any atom is 0.273 e. The van der Waals surface area contributed by atoms with E-state index in [0.717, 1.165) is 24.2 Å². The first-order valence-electron chi connectivity index (χ1n) is 8.73. The van der Waals surface area contributed by atoms with Crippen molar-refractivity contribution in [3.63, 3.8) is 0 Å². The van der Waals surface area contributed by atoms with E-state index in [1.54, 1.807) is 12.3 Å². The lowest BCUT2D eigenvalue weighted by Crippen LogP contribution is -2.23. The van der Waals surface area contributed by atoms with Crippen LogP contribution in [0.1, 0.15) is 29.8 Å². The minimum atomic E-state index is -0.372. The summed E-state index contributed by atoms with van der Waals surface area (Å²) in [6.07, 6.45) is 6.84. The topological polar surface area (TPSA) is 109 Å². The molecule has 2 aliphatic rings. The second-order valence-electron chi connectivity index (χ2n) is 6.86. The van der Waals surface area contributed by atoms with Crippen molar-refractivity contribution in [1.29, 1.82) is 0 Å². The van der Waals surface area contributed by atoms with Crippen molar-refractivity contribution in [3.8, 4) is 0 Å². The van der Waals surface area contributed by atoms with Crippen molar-refractivity contribution in [2.24, 2.45) is 11.3 Å². The van der Waals surface area contributed by atoms with Crippen LogP contribution >= 0.6 is 11.8 Å². The average Bonchev–Trinajstić information content (AvgIpc) is 3.61. The Morgan fingerprint density at radius 1 is 1.30 bits per heavy atom. The number of pyridine rings is 1. The first-order chi connectivity index (χ1) is 13.1. The lowest BCUT2D eigenvalue weighted by molar-refractivity contribution is -0.117. The number of thioether (sulfide) groups is 1. The van der Waals surface area contributed by atoms with Gasteiger partial charge in [-0.25, -0.2) is 4.98 Å². The van der Waals surface area contributed by atoms with Crippen LogP contribution in [0, 0.1) is 11.3 Å². The zero-order chi connectivity index (χ0) is 19.0. The summed E-state index contributed by atoms with van der Waals surface area (Å²) in [4.78, 5) is 29.8. The fourth-order valence-electron chi connectivity index (χ4n) is 3.26. The fraction of sp³-hybridized carbons (Fsp3) is 0.389. The van der Waals surface area contributed by atoms with Gasteiger partial charge in [0.1, 0.15) is 5.82 Å². The zero-order valence-corrected chi connectivity index (χ0v) is 15.9. The largest absolute Gasteiger partial charge is 0.354 e. The highest BCUT2D eigenvalue weighted by atomic mass is 32.2. The molecule has 9 heteroatoms. The number of anilines is 3. The molecule has 1 spiro atoms. The van der Waals surface area contributed by atoms with E-state index >= 15 is 0 Å². The summed E-state index contributed by atoms with van der Waals surface area (Å²) in [6, 6.07) is 5.39. The number of nitrogens with one attached hydrogen (secondary N) is 3. The third-order valence-corrected chi connectivity index (χ3v) is 5.90. The molecule has 3 N–H and O–H groups in total. The Hall–Kier alpha value is -2.68. The molecule has 2 fully saturated rings. The minimum absolute atomic E-state index is 0.0249. The minimum Gasteiger partial charge on any atom is -0.354 e. The number of hydrogen-bond donors (Lipinski definition) is 3. The molecule has 0 aromatic carbocycles. The Morgan fingerprint density at radius 2 is 2.11 bits per heavy atom. The average molecular weight is 384 g/mol. The van der Waals surface area contributed by atoms with Gasteiger partial charge in [0.2, 0.25) is 5.91 Å². The van der Waals surface area contributed by atoms with E-state index in [-0.39, 0.29) is 28.8 Å². The molecule has 2 heterocycles. The molecule has 8 nitrogen and oxygen atoms in total. The first-order valence-corrected chi connectivity index (χ1v) is 9.95. The van der Waals surface area contributed by atoms with Crippen LogP contribution in [0.25, 0.3) is 0 Å². The van der Waals surface area contributed by atoms with Gasteiger partial charge >= 0.3 is 0 Å². The fourth-order valence-corrected chi connectivity index (χ4v) is 3.77. The summed E-state index contributed by atoms with van der Waals surface area (Å²) in [5, 5.41) is 16.5. The van der Waals surface area contributed by atoms with Gasteiger partial charge in [-0.2, -0.15) is 0 Å². The van der Waals surface area contributed by atoms with Gasteiger partial charge in [0.05, 0.1) is 5.69 Å². The quantitative estimate of drug-likeness (QED) is 0.656. The lowest BCUT2D eigenvalue weighted by atomic mass is 10.2. The van der Waals surface area contributed by atoms with Crippen LogP contribution in [0.3, 0.4) is 0 Å².